The maximum absolute atomic E-state index is 11.0. The molecule has 0 amide bonds. The third-order valence-electron chi connectivity index (χ3n) is 2.75. The van der Waals surface area contributed by atoms with E-state index >= 15 is 0 Å². The maximum Gasteiger partial charge on any atom is 0.146 e. The minimum atomic E-state index is 0.247. The molecule has 0 rings (SSSR count). The summed E-state index contributed by atoms with van der Waals surface area (Å²) in [4.78, 5) is 11.0. The van der Waals surface area contributed by atoms with Crippen molar-refractivity contribution in [3.05, 3.63) is 24.3 Å². The summed E-state index contributed by atoms with van der Waals surface area (Å²) < 4.78 is 10.0. The number of Topliss-reactive ketones (excluding diaryl/α,β-unsaturated/α-hetero) is 1. The lowest BCUT2D eigenvalue weighted by Gasteiger charge is -2.16. The molecule has 18 heavy (non-hydrogen) atoms. The predicted octanol–water partition coefficient (Wildman–Crippen LogP) is 3.36. The first-order valence-corrected chi connectivity index (χ1v) is 6.39. The topological polar surface area (TPSA) is 35.5 Å². The Kier molecular flexibility index (Phi) is 9.52. The largest absolute Gasteiger partial charge is 0.359 e. The van der Waals surface area contributed by atoms with Crippen LogP contribution in [0.25, 0.3) is 0 Å². The number of carbonyl (C=O) groups is 1. The number of carbonyl (C=O) groups excluding carboxylic acids is 1. The molecule has 0 bridgehead atoms. The van der Waals surface area contributed by atoms with Crippen LogP contribution < -0.4 is 0 Å². The molecule has 1 unspecified atom stereocenters. The highest BCUT2D eigenvalue weighted by atomic mass is 16.7. The molecule has 0 N–H and O–H groups in total. The fraction of sp³-hybridized carbons (Fsp3) is 0.667. The van der Waals surface area contributed by atoms with E-state index in [1.165, 1.54) is 0 Å². The lowest BCUT2D eigenvalue weighted by molar-refractivity contribution is -0.117. The predicted molar refractivity (Wildman–Crippen MR) is 74.4 cm³/mol. The number of hydrogen-bond donors (Lipinski definition) is 0. The molecule has 1 atom stereocenters. The van der Waals surface area contributed by atoms with Crippen LogP contribution in [0.3, 0.4) is 0 Å². The summed E-state index contributed by atoms with van der Waals surface area (Å²) in [5.74, 6) is 1.18. The Morgan fingerprint density at radius 3 is 2.56 bits per heavy atom. The minimum Gasteiger partial charge on any atom is -0.359 e. The molecule has 0 heterocycles. The molecule has 0 aromatic heterocycles. The summed E-state index contributed by atoms with van der Waals surface area (Å²) in [6.07, 6.45) is 5.65. The molecular formula is C15H26O3. The molecule has 0 saturated heterocycles. The van der Waals surface area contributed by atoms with E-state index in [0.717, 1.165) is 12.0 Å². The zero-order chi connectivity index (χ0) is 14.0. The summed E-state index contributed by atoms with van der Waals surface area (Å²) in [5.41, 5.74) is 0.917. The Morgan fingerprint density at radius 2 is 2.06 bits per heavy atom. The van der Waals surface area contributed by atoms with Crippen LogP contribution in [0.5, 0.6) is 0 Å². The van der Waals surface area contributed by atoms with E-state index in [2.05, 4.69) is 26.5 Å². The van der Waals surface area contributed by atoms with E-state index in [1.54, 1.807) is 14.0 Å². The van der Waals surface area contributed by atoms with E-state index < -0.39 is 0 Å². The van der Waals surface area contributed by atoms with Crippen LogP contribution in [0.4, 0.5) is 0 Å². The van der Waals surface area contributed by atoms with Crippen LogP contribution in [0.2, 0.25) is 0 Å². The van der Waals surface area contributed by atoms with Gasteiger partial charge < -0.3 is 14.3 Å². The Hall–Kier alpha value is -0.930. The zero-order valence-corrected chi connectivity index (χ0v) is 12.1. The molecular weight excluding hydrogens is 228 g/mol. The van der Waals surface area contributed by atoms with Crippen LogP contribution >= 0.6 is 0 Å². The molecule has 0 spiro atoms. The number of methoxy groups -OCH3 is 1. The molecule has 104 valence electrons. The quantitative estimate of drug-likeness (QED) is 0.341. The molecule has 0 aliphatic carbocycles. The van der Waals surface area contributed by atoms with E-state index in [-0.39, 0.29) is 12.6 Å². The SMILES string of the molecule is C=C(/C=C/C(CCC(C)=O)C(C)C)COCOC. The fourth-order valence-electron chi connectivity index (χ4n) is 1.59. The molecule has 0 aromatic rings. The number of ether oxygens (including phenoxy) is 2. The maximum atomic E-state index is 11.0. The molecule has 0 radical (unpaired) electrons. The lowest BCUT2D eigenvalue weighted by Crippen LogP contribution is -2.08. The molecule has 0 aliphatic rings. The number of rotatable bonds is 10. The van der Waals surface area contributed by atoms with Gasteiger partial charge in [0.05, 0.1) is 6.61 Å². The van der Waals surface area contributed by atoms with Gasteiger partial charge in [-0.15, -0.1) is 0 Å². The second-order valence-electron chi connectivity index (χ2n) is 4.92. The second-order valence-corrected chi connectivity index (χ2v) is 4.92. The average molecular weight is 254 g/mol. The van der Waals surface area contributed by atoms with Gasteiger partial charge in [0.25, 0.3) is 0 Å². The summed E-state index contributed by atoms with van der Waals surface area (Å²) in [7, 11) is 1.59. The van der Waals surface area contributed by atoms with Crippen molar-refractivity contribution in [2.24, 2.45) is 11.8 Å². The molecule has 3 heteroatoms. The Bertz CT molecular complexity index is 279. The van der Waals surface area contributed by atoms with Gasteiger partial charge in [0.1, 0.15) is 12.6 Å². The third kappa shape index (κ3) is 9.14. The average Bonchev–Trinajstić information content (AvgIpc) is 2.28. The Morgan fingerprint density at radius 1 is 1.39 bits per heavy atom. The summed E-state index contributed by atoms with van der Waals surface area (Å²) in [6, 6.07) is 0. The second kappa shape index (κ2) is 10.0. The normalized spacial score (nSPS) is 13.2. The van der Waals surface area contributed by atoms with Crippen molar-refractivity contribution in [3.8, 4) is 0 Å². The van der Waals surface area contributed by atoms with Gasteiger partial charge in [-0.05, 0) is 30.8 Å². The standard InChI is InChI=1S/C15H26O3/c1-12(2)15(9-7-14(4)16)8-6-13(3)10-18-11-17-5/h6,8,12,15H,3,7,9-11H2,1-2,4-5H3/b8-6+. The van der Waals surface area contributed by atoms with Crippen molar-refractivity contribution in [2.45, 2.75) is 33.6 Å². The molecule has 0 fully saturated rings. The Labute approximate surface area is 111 Å². The van der Waals surface area contributed by atoms with Gasteiger partial charge in [-0.25, -0.2) is 0 Å². The third-order valence-corrected chi connectivity index (χ3v) is 2.75. The highest BCUT2D eigenvalue weighted by Crippen LogP contribution is 2.19. The van der Waals surface area contributed by atoms with Crippen LogP contribution in [0.1, 0.15) is 33.6 Å². The van der Waals surface area contributed by atoms with Crippen molar-refractivity contribution in [3.63, 3.8) is 0 Å². The molecule has 0 aliphatic heterocycles. The van der Waals surface area contributed by atoms with Gasteiger partial charge in [-0.2, -0.15) is 0 Å². The van der Waals surface area contributed by atoms with Gasteiger partial charge in [0, 0.05) is 13.5 Å². The van der Waals surface area contributed by atoms with E-state index in [4.69, 9.17) is 9.47 Å². The first kappa shape index (κ1) is 17.1. The van der Waals surface area contributed by atoms with Crippen LogP contribution in [0, 0.1) is 11.8 Å². The van der Waals surface area contributed by atoms with E-state index in [0.29, 0.717) is 24.9 Å². The summed E-state index contributed by atoms with van der Waals surface area (Å²) in [6.45, 7) is 10.6. The smallest absolute Gasteiger partial charge is 0.146 e. The highest BCUT2D eigenvalue weighted by molar-refractivity contribution is 5.75. The molecule has 0 saturated carbocycles. The van der Waals surface area contributed by atoms with E-state index in [1.807, 2.05) is 6.08 Å². The molecule has 3 nitrogen and oxygen atoms in total. The first-order valence-electron chi connectivity index (χ1n) is 6.39. The number of allylic oxidation sites excluding steroid dienone is 1. The van der Waals surface area contributed by atoms with E-state index in [9.17, 15) is 4.79 Å². The first-order chi connectivity index (χ1) is 8.47. The van der Waals surface area contributed by atoms with Crippen molar-refractivity contribution >= 4 is 5.78 Å². The molecule has 0 aromatic carbocycles. The van der Waals surface area contributed by atoms with Crippen LogP contribution in [-0.2, 0) is 14.3 Å². The van der Waals surface area contributed by atoms with Crippen LogP contribution in [0.15, 0.2) is 24.3 Å². The van der Waals surface area contributed by atoms with Gasteiger partial charge in [-0.3, -0.25) is 0 Å². The lowest BCUT2D eigenvalue weighted by atomic mass is 9.90. The van der Waals surface area contributed by atoms with Crippen molar-refractivity contribution in [2.75, 3.05) is 20.5 Å². The number of hydrogen-bond acceptors (Lipinski definition) is 3. The fourth-order valence-corrected chi connectivity index (χ4v) is 1.59. The number of ketones is 1. The van der Waals surface area contributed by atoms with Gasteiger partial charge in [0.2, 0.25) is 0 Å². The van der Waals surface area contributed by atoms with Crippen molar-refractivity contribution < 1.29 is 14.3 Å². The van der Waals surface area contributed by atoms with Crippen LogP contribution in [-0.4, -0.2) is 26.3 Å². The summed E-state index contributed by atoms with van der Waals surface area (Å²) >= 11 is 0. The zero-order valence-electron chi connectivity index (χ0n) is 12.1. The highest BCUT2D eigenvalue weighted by Gasteiger charge is 2.10. The minimum absolute atomic E-state index is 0.247. The van der Waals surface area contributed by atoms with Gasteiger partial charge in [0.15, 0.2) is 0 Å². The Balaban J connectivity index is 4.13. The van der Waals surface area contributed by atoms with Crippen molar-refractivity contribution in [1.29, 1.82) is 0 Å². The van der Waals surface area contributed by atoms with Gasteiger partial charge >= 0.3 is 0 Å². The summed E-state index contributed by atoms with van der Waals surface area (Å²) in [5, 5.41) is 0. The van der Waals surface area contributed by atoms with Crippen molar-refractivity contribution in [1.82, 2.24) is 0 Å². The van der Waals surface area contributed by atoms with Gasteiger partial charge in [-0.1, -0.05) is 32.6 Å². The monoisotopic (exact) mass is 254 g/mol.